The standard InChI is InChI=1S/C18H17ClN2O4/c1-11(13-9-12(19)7-8-14(13)23-2)20-21-18(22)17-10-24-15-5-3-4-6-16(15)25-17/h3-9,17H,10H2,1-2H3,(H,21,22)/b20-11-/t17-/m0/s1. The Morgan fingerprint density at radius 1 is 1.28 bits per heavy atom. The number of hydrazone groups is 1. The number of nitrogens with zero attached hydrogens (tertiary/aromatic N) is 1. The summed E-state index contributed by atoms with van der Waals surface area (Å²) in [6, 6.07) is 12.4. The summed E-state index contributed by atoms with van der Waals surface area (Å²) in [5.41, 5.74) is 3.75. The second kappa shape index (κ2) is 7.44. The molecule has 25 heavy (non-hydrogen) atoms. The molecule has 0 saturated heterocycles. The predicted octanol–water partition coefficient (Wildman–Crippen LogP) is 3.03. The molecule has 0 spiro atoms. The van der Waals surface area contributed by atoms with E-state index in [4.69, 9.17) is 25.8 Å². The van der Waals surface area contributed by atoms with Crippen LogP contribution in [0.4, 0.5) is 0 Å². The highest BCUT2D eigenvalue weighted by molar-refractivity contribution is 6.31. The molecule has 1 heterocycles. The lowest BCUT2D eigenvalue weighted by Gasteiger charge is -2.24. The average molecular weight is 361 g/mol. The highest BCUT2D eigenvalue weighted by Gasteiger charge is 2.27. The van der Waals surface area contributed by atoms with Crippen LogP contribution in [0.15, 0.2) is 47.6 Å². The molecule has 0 aliphatic carbocycles. The van der Waals surface area contributed by atoms with Crippen molar-refractivity contribution in [3.63, 3.8) is 0 Å². The van der Waals surface area contributed by atoms with Gasteiger partial charge in [0.25, 0.3) is 5.91 Å². The van der Waals surface area contributed by atoms with Gasteiger partial charge in [-0.05, 0) is 37.3 Å². The average Bonchev–Trinajstić information content (AvgIpc) is 2.65. The topological polar surface area (TPSA) is 69.2 Å². The van der Waals surface area contributed by atoms with Crippen molar-refractivity contribution in [1.82, 2.24) is 5.43 Å². The quantitative estimate of drug-likeness (QED) is 0.672. The normalized spacial score (nSPS) is 16.3. The van der Waals surface area contributed by atoms with Crippen molar-refractivity contribution < 1.29 is 19.0 Å². The molecule has 0 unspecified atom stereocenters. The Kier molecular flexibility index (Phi) is 5.09. The Hall–Kier alpha value is -2.73. The highest BCUT2D eigenvalue weighted by Crippen LogP contribution is 2.30. The minimum Gasteiger partial charge on any atom is -0.496 e. The smallest absolute Gasteiger partial charge is 0.284 e. The minimum atomic E-state index is -0.771. The molecule has 1 amide bonds. The first-order chi connectivity index (χ1) is 12.1. The lowest BCUT2D eigenvalue weighted by Crippen LogP contribution is -2.42. The van der Waals surface area contributed by atoms with E-state index in [2.05, 4.69) is 10.5 Å². The Labute approximate surface area is 150 Å². The molecule has 1 atom stereocenters. The van der Waals surface area contributed by atoms with Crippen LogP contribution in [-0.4, -0.2) is 31.4 Å². The number of carbonyl (C=O) groups is 1. The monoisotopic (exact) mass is 360 g/mol. The van der Waals surface area contributed by atoms with E-state index in [9.17, 15) is 4.79 Å². The first-order valence-electron chi connectivity index (χ1n) is 7.65. The number of hydrogen-bond acceptors (Lipinski definition) is 5. The van der Waals surface area contributed by atoms with Gasteiger partial charge in [-0.15, -0.1) is 0 Å². The van der Waals surface area contributed by atoms with Crippen molar-refractivity contribution in [2.75, 3.05) is 13.7 Å². The van der Waals surface area contributed by atoms with Gasteiger partial charge in [-0.3, -0.25) is 4.79 Å². The first-order valence-corrected chi connectivity index (χ1v) is 8.03. The molecule has 6 nitrogen and oxygen atoms in total. The summed E-state index contributed by atoms with van der Waals surface area (Å²) in [5, 5.41) is 4.67. The lowest BCUT2D eigenvalue weighted by molar-refractivity contribution is -0.130. The molecule has 0 radical (unpaired) electrons. The maximum absolute atomic E-state index is 12.3. The molecule has 7 heteroatoms. The zero-order valence-electron chi connectivity index (χ0n) is 13.8. The lowest BCUT2D eigenvalue weighted by atomic mass is 10.1. The fraction of sp³-hybridized carbons (Fsp3) is 0.222. The molecule has 0 bridgehead atoms. The Morgan fingerprint density at radius 3 is 2.80 bits per heavy atom. The number of para-hydroxylation sites is 2. The number of fused-ring (bicyclic) bond motifs is 1. The number of benzene rings is 2. The van der Waals surface area contributed by atoms with Crippen LogP contribution in [0.5, 0.6) is 17.2 Å². The fourth-order valence-electron chi connectivity index (χ4n) is 2.38. The second-order valence-corrected chi connectivity index (χ2v) is 5.82. The van der Waals surface area contributed by atoms with E-state index in [1.165, 1.54) is 0 Å². The van der Waals surface area contributed by atoms with Gasteiger partial charge in [-0.1, -0.05) is 23.7 Å². The molecule has 0 aromatic heterocycles. The van der Waals surface area contributed by atoms with Crippen molar-refractivity contribution in [3.8, 4) is 17.2 Å². The van der Waals surface area contributed by atoms with Gasteiger partial charge >= 0.3 is 0 Å². The van der Waals surface area contributed by atoms with Gasteiger partial charge in [0.2, 0.25) is 6.10 Å². The van der Waals surface area contributed by atoms with Gasteiger partial charge in [0.15, 0.2) is 11.5 Å². The van der Waals surface area contributed by atoms with Gasteiger partial charge in [0.1, 0.15) is 12.4 Å². The van der Waals surface area contributed by atoms with Crippen LogP contribution in [0.1, 0.15) is 12.5 Å². The molecule has 1 aliphatic heterocycles. The van der Waals surface area contributed by atoms with Crippen LogP contribution in [0.3, 0.4) is 0 Å². The summed E-state index contributed by atoms with van der Waals surface area (Å²) in [6.07, 6.45) is -0.771. The first kappa shape index (κ1) is 17.1. The summed E-state index contributed by atoms with van der Waals surface area (Å²) in [6.45, 7) is 1.87. The van der Waals surface area contributed by atoms with E-state index in [0.717, 1.165) is 0 Å². The summed E-state index contributed by atoms with van der Waals surface area (Å²) in [4.78, 5) is 12.3. The van der Waals surface area contributed by atoms with E-state index in [0.29, 0.717) is 33.5 Å². The highest BCUT2D eigenvalue weighted by atomic mass is 35.5. The summed E-state index contributed by atoms with van der Waals surface area (Å²) in [5.74, 6) is 1.38. The van der Waals surface area contributed by atoms with E-state index < -0.39 is 12.0 Å². The molecule has 1 aliphatic rings. The number of hydrogen-bond donors (Lipinski definition) is 1. The Bertz CT molecular complexity index is 822. The molecule has 0 fully saturated rings. The number of rotatable bonds is 4. The van der Waals surface area contributed by atoms with Crippen LogP contribution >= 0.6 is 11.6 Å². The van der Waals surface area contributed by atoms with Gasteiger partial charge in [0.05, 0.1) is 12.8 Å². The van der Waals surface area contributed by atoms with E-state index in [-0.39, 0.29) is 6.61 Å². The Balaban J connectivity index is 1.70. The van der Waals surface area contributed by atoms with E-state index in [1.807, 2.05) is 12.1 Å². The Morgan fingerprint density at radius 2 is 2.04 bits per heavy atom. The molecule has 0 saturated carbocycles. The van der Waals surface area contributed by atoms with Crippen LogP contribution in [0.25, 0.3) is 0 Å². The van der Waals surface area contributed by atoms with Crippen LogP contribution in [-0.2, 0) is 4.79 Å². The largest absolute Gasteiger partial charge is 0.496 e. The van der Waals surface area contributed by atoms with Crippen molar-refractivity contribution >= 4 is 23.2 Å². The van der Waals surface area contributed by atoms with Crippen molar-refractivity contribution in [2.45, 2.75) is 13.0 Å². The summed E-state index contributed by atoms with van der Waals surface area (Å²) in [7, 11) is 1.56. The minimum absolute atomic E-state index is 0.123. The molecule has 1 N–H and O–H groups in total. The number of carbonyl (C=O) groups excluding carboxylic acids is 1. The predicted molar refractivity (Wildman–Crippen MR) is 94.7 cm³/mol. The van der Waals surface area contributed by atoms with E-state index >= 15 is 0 Å². The number of methoxy groups -OCH3 is 1. The maximum Gasteiger partial charge on any atom is 0.284 e. The zero-order valence-corrected chi connectivity index (χ0v) is 14.5. The van der Waals surface area contributed by atoms with Gasteiger partial charge in [-0.25, -0.2) is 5.43 Å². The molecule has 130 valence electrons. The third-order valence-corrected chi connectivity index (χ3v) is 3.92. The molecule has 2 aromatic rings. The van der Waals surface area contributed by atoms with E-state index in [1.54, 1.807) is 44.4 Å². The summed E-state index contributed by atoms with van der Waals surface area (Å²) >= 11 is 6.02. The van der Waals surface area contributed by atoms with Gasteiger partial charge < -0.3 is 14.2 Å². The van der Waals surface area contributed by atoms with Crippen molar-refractivity contribution in [1.29, 1.82) is 0 Å². The third-order valence-electron chi connectivity index (χ3n) is 3.69. The third kappa shape index (κ3) is 3.85. The second-order valence-electron chi connectivity index (χ2n) is 5.38. The molecular weight excluding hydrogens is 344 g/mol. The van der Waals surface area contributed by atoms with Crippen LogP contribution < -0.4 is 19.6 Å². The number of amides is 1. The van der Waals surface area contributed by atoms with Crippen LogP contribution in [0.2, 0.25) is 5.02 Å². The number of nitrogens with one attached hydrogen (secondary N) is 1. The van der Waals surface area contributed by atoms with Crippen LogP contribution in [0, 0.1) is 0 Å². The number of ether oxygens (including phenoxy) is 3. The SMILES string of the molecule is COc1ccc(Cl)cc1/C(C)=N\NC(=O)[C@@H]1COc2ccccc2O1. The van der Waals surface area contributed by atoms with Crippen molar-refractivity contribution in [3.05, 3.63) is 53.1 Å². The van der Waals surface area contributed by atoms with Crippen molar-refractivity contribution in [2.24, 2.45) is 5.10 Å². The van der Waals surface area contributed by atoms with Gasteiger partial charge in [0, 0.05) is 10.6 Å². The maximum atomic E-state index is 12.3. The zero-order chi connectivity index (χ0) is 17.8. The van der Waals surface area contributed by atoms with Gasteiger partial charge in [-0.2, -0.15) is 5.10 Å². The fourth-order valence-corrected chi connectivity index (χ4v) is 2.55. The molecule has 2 aromatic carbocycles. The molecule has 3 rings (SSSR count). The number of halogens is 1. The molecular formula is C18H17ClN2O4. The summed E-state index contributed by atoms with van der Waals surface area (Å²) < 4.78 is 16.5.